The van der Waals surface area contributed by atoms with Gasteiger partial charge in [-0.1, -0.05) is 36.6 Å². The molecule has 0 N–H and O–H groups in total. The van der Waals surface area contributed by atoms with Crippen molar-refractivity contribution in [2.45, 2.75) is 45.6 Å². The van der Waals surface area contributed by atoms with Gasteiger partial charge in [-0.05, 0) is 43.2 Å². The summed E-state index contributed by atoms with van der Waals surface area (Å²) >= 11 is 0. The lowest BCUT2D eigenvalue weighted by atomic mass is 9.96. The van der Waals surface area contributed by atoms with Gasteiger partial charge >= 0.3 is 0 Å². The number of nitrogens with zero attached hydrogens (tertiary/aromatic N) is 1. The average molecular weight is 229 g/mol. The number of hydrogen-bond donors (Lipinski definition) is 0. The Labute approximate surface area is 105 Å². The summed E-state index contributed by atoms with van der Waals surface area (Å²) in [5.74, 6) is 0.987. The first-order valence-corrected chi connectivity index (χ1v) is 7.12. The molecule has 1 aromatic carbocycles. The number of fused-ring (bicyclic) bond motifs is 1. The normalized spacial score (nSPS) is 21.7. The molecule has 1 nitrogen and oxygen atoms in total. The van der Waals surface area contributed by atoms with Crippen molar-refractivity contribution >= 4 is 0 Å². The maximum absolute atomic E-state index is 2.68. The van der Waals surface area contributed by atoms with Crippen molar-refractivity contribution < 1.29 is 0 Å². The van der Waals surface area contributed by atoms with Crippen LogP contribution in [0.1, 0.15) is 42.4 Å². The highest BCUT2D eigenvalue weighted by Gasteiger charge is 2.21. The first-order chi connectivity index (χ1) is 8.31. The predicted octanol–water partition coefficient (Wildman–Crippen LogP) is 3.54. The summed E-state index contributed by atoms with van der Waals surface area (Å²) in [7, 11) is 0. The second-order valence-corrected chi connectivity index (χ2v) is 5.91. The van der Waals surface area contributed by atoms with E-state index in [4.69, 9.17) is 0 Å². The van der Waals surface area contributed by atoms with Crippen LogP contribution in [0.25, 0.3) is 0 Å². The van der Waals surface area contributed by atoms with Gasteiger partial charge in [0.2, 0.25) is 0 Å². The van der Waals surface area contributed by atoms with Crippen molar-refractivity contribution in [2.75, 3.05) is 13.1 Å². The lowest BCUT2D eigenvalue weighted by Crippen LogP contribution is -2.34. The minimum atomic E-state index is 0.987. The standard InChI is InChI=1S/C16H23N/c1-13-6-7-15-8-9-17(12-16(15)10-13)11-14-4-2-3-5-14/h6-7,10,14H,2-5,8-9,11-12H2,1H3. The van der Waals surface area contributed by atoms with Gasteiger partial charge in [-0.25, -0.2) is 0 Å². The van der Waals surface area contributed by atoms with Gasteiger partial charge in [0.25, 0.3) is 0 Å². The van der Waals surface area contributed by atoms with Gasteiger partial charge in [0.05, 0.1) is 0 Å². The minimum Gasteiger partial charge on any atom is -0.298 e. The number of rotatable bonds is 2. The third kappa shape index (κ3) is 2.55. The van der Waals surface area contributed by atoms with Gasteiger partial charge in [0, 0.05) is 19.6 Å². The van der Waals surface area contributed by atoms with Crippen LogP contribution in [0.3, 0.4) is 0 Å². The first-order valence-electron chi connectivity index (χ1n) is 7.12. The molecule has 17 heavy (non-hydrogen) atoms. The molecule has 0 spiro atoms. The molecule has 1 heteroatoms. The lowest BCUT2D eigenvalue weighted by Gasteiger charge is -2.31. The Hall–Kier alpha value is -0.820. The molecule has 0 bridgehead atoms. The van der Waals surface area contributed by atoms with Crippen LogP contribution >= 0.6 is 0 Å². The fraction of sp³-hybridized carbons (Fsp3) is 0.625. The van der Waals surface area contributed by atoms with Crippen molar-refractivity contribution in [1.29, 1.82) is 0 Å². The van der Waals surface area contributed by atoms with E-state index in [2.05, 4.69) is 30.0 Å². The van der Waals surface area contributed by atoms with E-state index >= 15 is 0 Å². The zero-order chi connectivity index (χ0) is 11.7. The number of benzene rings is 1. The molecule has 0 aromatic heterocycles. The van der Waals surface area contributed by atoms with Gasteiger partial charge in [-0.2, -0.15) is 0 Å². The fourth-order valence-corrected chi connectivity index (χ4v) is 3.46. The zero-order valence-corrected chi connectivity index (χ0v) is 10.9. The molecule has 2 aliphatic rings. The topological polar surface area (TPSA) is 3.24 Å². The van der Waals surface area contributed by atoms with E-state index in [1.165, 1.54) is 57.3 Å². The summed E-state index contributed by atoms with van der Waals surface area (Å²) in [4.78, 5) is 2.68. The molecule has 1 aliphatic heterocycles. The highest BCUT2D eigenvalue weighted by atomic mass is 15.1. The number of hydrogen-bond acceptors (Lipinski definition) is 1. The third-order valence-corrected chi connectivity index (χ3v) is 4.44. The lowest BCUT2D eigenvalue weighted by molar-refractivity contribution is 0.215. The third-order valence-electron chi connectivity index (χ3n) is 4.44. The Morgan fingerprint density at radius 1 is 1.18 bits per heavy atom. The molecule has 92 valence electrons. The summed E-state index contributed by atoms with van der Waals surface area (Å²) in [5, 5.41) is 0. The van der Waals surface area contributed by atoms with Crippen molar-refractivity contribution in [1.82, 2.24) is 4.90 Å². The van der Waals surface area contributed by atoms with E-state index in [1.54, 1.807) is 11.1 Å². The van der Waals surface area contributed by atoms with Gasteiger partial charge in [-0.3, -0.25) is 4.90 Å². The van der Waals surface area contributed by atoms with Crippen molar-refractivity contribution in [2.24, 2.45) is 5.92 Å². The van der Waals surface area contributed by atoms with Crippen LogP contribution in [0.5, 0.6) is 0 Å². The van der Waals surface area contributed by atoms with Crippen LogP contribution in [-0.4, -0.2) is 18.0 Å². The summed E-state index contributed by atoms with van der Waals surface area (Å²) in [5.41, 5.74) is 4.57. The van der Waals surface area contributed by atoms with Crippen LogP contribution in [0, 0.1) is 12.8 Å². The highest BCUT2D eigenvalue weighted by Crippen LogP contribution is 2.28. The highest BCUT2D eigenvalue weighted by molar-refractivity contribution is 5.33. The van der Waals surface area contributed by atoms with E-state index in [0.717, 1.165) is 5.92 Å². The maximum Gasteiger partial charge on any atom is 0.0236 e. The van der Waals surface area contributed by atoms with E-state index in [0.29, 0.717) is 0 Å². The molecule has 1 fully saturated rings. The molecule has 0 unspecified atom stereocenters. The van der Waals surface area contributed by atoms with Crippen molar-refractivity contribution in [3.8, 4) is 0 Å². The Bertz CT molecular complexity index is 391. The summed E-state index contributed by atoms with van der Waals surface area (Å²) in [6, 6.07) is 6.97. The van der Waals surface area contributed by atoms with Crippen molar-refractivity contribution in [3.05, 3.63) is 34.9 Å². The first kappa shape index (κ1) is 11.3. The average Bonchev–Trinajstić information content (AvgIpc) is 2.81. The zero-order valence-electron chi connectivity index (χ0n) is 10.9. The van der Waals surface area contributed by atoms with Gasteiger partial charge in [0.1, 0.15) is 0 Å². The smallest absolute Gasteiger partial charge is 0.0236 e. The number of aryl methyl sites for hydroxylation is 1. The molecule has 0 amide bonds. The molecule has 1 aliphatic carbocycles. The summed E-state index contributed by atoms with van der Waals surface area (Å²) in [6.45, 7) is 6.00. The largest absolute Gasteiger partial charge is 0.298 e. The van der Waals surface area contributed by atoms with E-state index in [-0.39, 0.29) is 0 Å². The van der Waals surface area contributed by atoms with Gasteiger partial charge in [0.15, 0.2) is 0 Å². The van der Waals surface area contributed by atoms with E-state index in [9.17, 15) is 0 Å². The van der Waals surface area contributed by atoms with Gasteiger partial charge in [-0.15, -0.1) is 0 Å². The summed E-state index contributed by atoms with van der Waals surface area (Å²) in [6.07, 6.45) is 7.12. The second kappa shape index (κ2) is 4.81. The monoisotopic (exact) mass is 229 g/mol. The molecular weight excluding hydrogens is 206 g/mol. The summed E-state index contributed by atoms with van der Waals surface area (Å²) < 4.78 is 0. The molecular formula is C16H23N. The van der Waals surface area contributed by atoms with Crippen LogP contribution in [0.15, 0.2) is 18.2 Å². The van der Waals surface area contributed by atoms with Crippen LogP contribution < -0.4 is 0 Å². The molecule has 0 saturated heterocycles. The SMILES string of the molecule is Cc1ccc2c(c1)CN(CC1CCCC1)CC2. The minimum absolute atomic E-state index is 0.987. The molecule has 1 aromatic rings. The molecule has 1 saturated carbocycles. The predicted molar refractivity (Wildman–Crippen MR) is 72.1 cm³/mol. The van der Waals surface area contributed by atoms with Crippen LogP contribution in [0.2, 0.25) is 0 Å². The second-order valence-electron chi connectivity index (χ2n) is 5.91. The molecule has 1 heterocycles. The molecule has 0 radical (unpaired) electrons. The van der Waals surface area contributed by atoms with Crippen molar-refractivity contribution in [3.63, 3.8) is 0 Å². The Balaban J connectivity index is 1.67. The van der Waals surface area contributed by atoms with E-state index < -0.39 is 0 Å². The van der Waals surface area contributed by atoms with E-state index in [1.807, 2.05) is 0 Å². The Morgan fingerprint density at radius 2 is 2.00 bits per heavy atom. The van der Waals surface area contributed by atoms with Crippen LogP contribution in [0.4, 0.5) is 0 Å². The van der Waals surface area contributed by atoms with Crippen LogP contribution in [-0.2, 0) is 13.0 Å². The quantitative estimate of drug-likeness (QED) is 0.749. The maximum atomic E-state index is 2.68. The molecule has 0 atom stereocenters. The Morgan fingerprint density at radius 3 is 2.82 bits per heavy atom. The fourth-order valence-electron chi connectivity index (χ4n) is 3.46. The molecule has 3 rings (SSSR count). The van der Waals surface area contributed by atoms with Gasteiger partial charge < -0.3 is 0 Å². The Kier molecular flexibility index (Phi) is 3.19.